The number of rotatable bonds is 3. The number of hydrogen-bond donors (Lipinski definition) is 1. The molecule has 0 aliphatic rings. The first-order valence-electron chi connectivity index (χ1n) is 4.43. The predicted octanol–water partition coefficient (Wildman–Crippen LogP) is 1.36. The maximum atomic E-state index is 11.5. The van der Waals surface area contributed by atoms with Gasteiger partial charge in [-0.1, -0.05) is 6.07 Å². The van der Waals surface area contributed by atoms with Crippen LogP contribution in [-0.4, -0.2) is 28.1 Å². The van der Waals surface area contributed by atoms with E-state index in [1.54, 1.807) is 31.3 Å². The van der Waals surface area contributed by atoms with Gasteiger partial charge in [0, 0.05) is 26.0 Å². The lowest BCUT2D eigenvalue weighted by Gasteiger charge is -2.18. The van der Waals surface area contributed by atoms with Crippen molar-refractivity contribution in [1.29, 1.82) is 0 Å². The van der Waals surface area contributed by atoms with Gasteiger partial charge in [-0.25, -0.2) is 0 Å². The van der Waals surface area contributed by atoms with Gasteiger partial charge in [-0.3, -0.25) is 9.78 Å². The number of thiol groups is 1. The molecule has 0 spiro atoms. The van der Waals surface area contributed by atoms with Gasteiger partial charge in [0.05, 0.1) is 5.25 Å². The number of carbonyl (C=O) groups excluding carboxylic acids is 1. The Kier molecular flexibility index (Phi) is 3.95. The Bertz CT molecular complexity index is 300. The zero-order valence-corrected chi connectivity index (χ0v) is 9.24. The third-order valence-electron chi connectivity index (χ3n) is 1.88. The molecule has 0 aromatic carbocycles. The van der Waals surface area contributed by atoms with Gasteiger partial charge in [-0.2, -0.15) is 12.6 Å². The van der Waals surface area contributed by atoms with Crippen LogP contribution in [0.2, 0.25) is 0 Å². The van der Waals surface area contributed by atoms with Crippen molar-refractivity contribution in [2.75, 3.05) is 7.05 Å². The summed E-state index contributed by atoms with van der Waals surface area (Å²) in [7, 11) is 1.77. The highest BCUT2D eigenvalue weighted by molar-refractivity contribution is 7.81. The molecule has 1 heterocycles. The fourth-order valence-corrected chi connectivity index (χ4v) is 1.36. The summed E-state index contributed by atoms with van der Waals surface area (Å²) in [6.45, 7) is 2.35. The Labute approximate surface area is 89.6 Å². The van der Waals surface area contributed by atoms with Crippen molar-refractivity contribution in [1.82, 2.24) is 9.88 Å². The van der Waals surface area contributed by atoms with Crippen molar-refractivity contribution >= 4 is 18.5 Å². The molecule has 0 radical (unpaired) electrons. The highest BCUT2D eigenvalue weighted by Gasteiger charge is 2.13. The molecule has 1 atom stereocenters. The average molecular weight is 210 g/mol. The number of amides is 1. The average Bonchev–Trinajstić information content (AvgIpc) is 2.18. The molecule has 1 aromatic rings. The van der Waals surface area contributed by atoms with E-state index in [2.05, 4.69) is 17.6 Å². The molecule has 76 valence electrons. The molecular formula is C10H14N2OS. The quantitative estimate of drug-likeness (QED) is 0.764. The van der Waals surface area contributed by atoms with Crippen molar-refractivity contribution in [3.05, 3.63) is 30.1 Å². The van der Waals surface area contributed by atoms with Crippen molar-refractivity contribution in [3.8, 4) is 0 Å². The molecule has 4 heteroatoms. The molecule has 1 amide bonds. The van der Waals surface area contributed by atoms with E-state index in [9.17, 15) is 4.79 Å². The van der Waals surface area contributed by atoms with E-state index in [-0.39, 0.29) is 11.2 Å². The highest BCUT2D eigenvalue weighted by Crippen LogP contribution is 2.04. The molecular weight excluding hydrogens is 196 g/mol. The van der Waals surface area contributed by atoms with Gasteiger partial charge < -0.3 is 4.90 Å². The lowest BCUT2D eigenvalue weighted by atomic mass is 10.2. The largest absolute Gasteiger partial charge is 0.340 e. The maximum absolute atomic E-state index is 11.5. The molecule has 0 fully saturated rings. The van der Waals surface area contributed by atoms with E-state index in [4.69, 9.17) is 0 Å². The summed E-state index contributed by atoms with van der Waals surface area (Å²) in [5.74, 6) is 0.0252. The van der Waals surface area contributed by atoms with Crippen molar-refractivity contribution in [3.63, 3.8) is 0 Å². The van der Waals surface area contributed by atoms with Crippen molar-refractivity contribution in [2.45, 2.75) is 18.7 Å². The fourth-order valence-electron chi connectivity index (χ4n) is 1.16. The Morgan fingerprint density at radius 3 is 2.93 bits per heavy atom. The first-order chi connectivity index (χ1) is 6.61. The van der Waals surface area contributed by atoms with Gasteiger partial charge in [-0.15, -0.1) is 0 Å². The lowest BCUT2D eigenvalue weighted by molar-refractivity contribution is -0.129. The summed E-state index contributed by atoms with van der Waals surface area (Å²) in [5, 5.41) is -0.253. The molecule has 0 saturated heterocycles. The first-order valence-corrected chi connectivity index (χ1v) is 4.95. The Hall–Kier alpha value is -1.03. The molecule has 0 aliphatic carbocycles. The second kappa shape index (κ2) is 5.00. The molecule has 1 aromatic heterocycles. The van der Waals surface area contributed by atoms with E-state index < -0.39 is 0 Å². The van der Waals surface area contributed by atoms with E-state index in [1.807, 2.05) is 12.1 Å². The summed E-state index contributed by atoms with van der Waals surface area (Å²) in [6.07, 6.45) is 3.47. The molecule has 0 saturated carbocycles. The maximum Gasteiger partial charge on any atom is 0.235 e. The Morgan fingerprint density at radius 2 is 2.43 bits per heavy atom. The van der Waals surface area contributed by atoms with E-state index >= 15 is 0 Å². The van der Waals surface area contributed by atoms with Crippen LogP contribution in [-0.2, 0) is 11.3 Å². The standard InChI is InChI=1S/C10H14N2OS/c1-8(14)10(13)12(2)7-9-4-3-5-11-6-9/h3-6,8,14H,7H2,1-2H3. The molecule has 3 nitrogen and oxygen atoms in total. The van der Waals surface area contributed by atoms with Gasteiger partial charge in [0.15, 0.2) is 0 Å². The van der Waals surface area contributed by atoms with Crippen LogP contribution in [0.4, 0.5) is 0 Å². The van der Waals surface area contributed by atoms with Crippen LogP contribution in [0.1, 0.15) is 12.5 Å². The Balaban J connectivity index is 2.57. The number of aromatic nitrogens is 1. The molecule has 14 heavy (non-hydrogen) atoms. The summed E-state index contributed by atoms with van der Waals surface area (Å²) < 4.78 is 0. The van der Waals surface area contributed by atoms with Crippen LogP contribution >= 0.6 is 12.6 Å². The summed E-state index contributed by atoms with van der Waals surface area (Å²) >= 11 is 4.09. The summed E-state index contributed by atoms with van der Waals surface area (Å²) in [6, 6.07) is 3.80. The van der Waals surface area contributed by atoms with Gasteiger partial charge in [0.1, 0.15) is 0 Å². The van der Waals surface area contributed by atoms with Gasteiger partial charge in [0.2, 0.25) is 5.91 Å². The van der Waals surface area contributed by atoms with Crippen molar-refractivity contribution < 1.29 is 4.79 Å². The third-order valence-corrected chi connectivity index (χ3v) is 2.10. The van der Waals surface area contributed by atoms with Gasteiger partial charge in [0.25, 0.3) is 0 Å². The summed E-state index contributed by atoms with van der Waals surface area (Å²) in [5.41, 5.74) is 1.03. The number of hydrogen-bond acceptors (Lipinski definition) is 3. The second-order valence-electron chi connectivity index (χ2n) is 3.23. The van der Waals surface area contributed by atoms with Crippen LogP contribution < -0.4 is 0 Å². The zero-order chi connectivity index (χ0) is 10.6. The predicted molar refractivity (Wildman–Crippen MR) is 59.2 cm³/mol. The highest BCUT2D eigenvalue weighted by atomic mass is 32.1. The van der Waals surface area contributed by atoms with E-state index in [0.29, 0.717) is 6.54 Å². The first kappa shape index (κ1) is 11.0. The van der Waals surface area contributed by atoms with Crippen LogP contribution in [0.5, 0.6) is 0 Å². The van der Waals surface area contributed by atoms with Gasteiger partial charge in [-0.05, 0) is 18.6 Å². The van der Waals surface area contributed by atoms with Crippen molar-refractivity contribution in [2.24, 2.45) is 0 Å². The number of carbonyl (C=O) groups is 1. The second-order valence-corrected chi connectivity index (χ2v) is 4.01. The minimum Gasteiger partial charge on any atom is -0.340 e. The molecule has 1 rings (SSSR count). The van der Waals surface area contributed by atoms with E-state index in [1.165, 1.54) is 0 Å². The van der Waals surface area contributed by atoms with Gasteiger partial charge >= 0.3 is 0 Å². The molecule has 0 N–H and O–H groups in total. The topological polar surface area (TPSA) is 33.2 Å². The van der Waals surface area contributed by atoms with Crippen LogP contribution in [0, 0.1) is 0 Å². The SMILES string of the molecule is CC(S)C(=O)N(C)Cc1cccnc1. The number of nitrogens with zero attached hydrogens (tertiary/aromatic N) is 2. The Morgan fingerprint density at radius 1 is 1.71 bits per heavy atom. The normalized spacial score (nSPS) is 12.2. The zero-order valence-electron chi connectivity index (χ0n) is 8.34. The lowest BCUT2D eigenvalue weighted by Crippen LogP contribution is -2.31. The molecule has 1 unspecified atom stereocenters. The van der Waals surface area contributed by atoms with Crippen LogP contribution in [0.3, 0.4) is 0 Å². The van der Waals surface area contributed by atoms with Crippen LogP contribution in [0.15, 0.2) is 24.5 Å². The summed E-state index contributed by atoms with van der Waals surface area (Å²) in [4.78, 5) is 17.1. The fraction of sp³-hybridized carbons (Fsp3) is 0.400. The minimum atomic E-state index is -0.253. The molecule has 0 aliphatic heterocycles. The molecule has 0 bridgehead atoms. The minimum absolute atomic E-state index is 0.0252. The van der Waals surface area contributed by atoms with Crippen LogP contribution in [0.25, 0.3) is 0 Å². The third kappa shape index (κ3) is 3.03. The monoisotopic (exact) mass is 210 g/mol. The number of pyridine rings is 1. The van der Waals surface area contributed by atoms with E-state index in [0.717, 1.165) is 5.56 Å². The smallest absolute Gasteiger partial charge is 0.235 e.